The Kier molecular flexibility index (Phi) is 14.9. The van der Waals surface area contributed by atoms with Gasteiger partial charge in [0.25, 0.3) is 0 Å². The second-order valence-electron chi connectivity index (χ2n) is 10.3. The Balaban J connectivity index is 3.60. The molecule has 0 aromatic rings. The Morgan fingerprint density at radius 1 is 0.581 bits per heavy atom. The Morgan fingerprint density at radius 3 is 1.52 bits per heavy atom. The fourth-order valence-electron chi connectivity index (χ4n) is 6.03. The first-order valence-corrected chi connectivity index (χ1v) is 14.3. The summed E-state index contributed by atoms with van der Waals surface area (Å²) < 4.78 is 0. The first-order valence-electron chi connectivity index (χ1n) is 14.3. The predicted octanol–water partition coefficient (Wildman–Crippen LogP) is 9.51. The lowest BCUT2D eigenvalue weighted by Crippen LogP contribution is -2.64. The molecule has 1 aliphatic heterocycles. The summed E-state index contributed by atoms with van der Waals surface area (Å²) >= 11 is 0. The van der Waals surface area contributed by atoms with Crippen LogP contribution in [0.2, 0.25) is 0 Å². The third-order valence-electron chi connectivity index (χ3n) is 7.95. The number of hydrazine groups is 1. The van der Waals surface area contributed by atoms with Crippen molar-refractivity contribution in [3.8, 4) is 0 Å². The largest absolute Gasteiger partial charge is 0.313 e. The van der Waals surface area contributed by atoms with Crippen molar-refractivity contribution in [2.45, 2.75) is 156 Å². The van der Waals surface area contributed by atoms with Gasteiger partial charge in [-0.15, -0.1) is 0 Å². The van der Waals surface area contributed by atoms with Crippen LogP contribution in [0.5, 0.6) is 0 Å². The summed E-state index contributed by atoms with van der Waals surface area (Å²) in [5.41, 5.74) is 0.740. The first kappa shape index (κ1) is 28.5. The van der Waals surface area contributed by atoms with E-state index in [9.17, 15) is 0 Å². The summed E-state index contributed by atoms with van der Waals surface area (Å²) in [6, 6.07) is 0. The van der Waals surface area contributed by atoms with Crippen molar-refractivity contribution in [2.24, 2.45) is 5.41 Å². The van der Waals surface area contributed by atoms with E-state index in [2.05, 4.69) is 63.8 Å². The average molecular weight is 435 g/mol. The molecule has 0 aliphatic carbocycles. The van der Waals surface area contributed by atoms with Crippen molar-refractivity contribution < 1.29 is 0 Å². The summed E-state index contributed by atoms with van der Waals surface area (Å²) in [5, 5.41) is 5.66. The van der Waals surface area contributed by atoms with E-state index in [4.69, 9.17) is 0 Å². The third-order valence-corrected chi connectivity index (χ3v) is 7.95. The zero-order valence-electron chi connectivity index (χ0n) is 22.5. The lowest BCUT2D eigenvalue weighted by atomic mass is 9.58. The maximum absolute atomic E-state index is 2.96. The molecule has 2 nitrogen and oxygen atoms in total. The molecule has 0 aromatic heterocycles. The highest BCUT2D eigenvalue weighted by Gasteiger charge is 2.54. The van der Waals surface area contributed by atoms with Crippen LogP contribution in [-0.4, -0.2) is 28.6 Å². The van der Waals surface area contributed by atoms with Crippen molar-refractivity contribution in [3.63, 3.8) is 0 Å². The molecule has 0 atom stereocenters. The summed E-state index contributed by atoms with van der Waals surface area (Å²) in [4.78, 5) is 0. The zero-order valence-corrected chi connectivity index (χ0v) is 22.5. The van der Waals surface area contributed by atoms with Crippen LogP contribution >= 0.6 is 0 Å². The highest BCUT2D eigenvalue weighted by molar-refractivity contribution is 5.11. The minimum atomic E-state index is 0.315. The van der Waals surface area contributed by atoms with Crippen molar-refractivity contribution >= 4 is 0 Å². The van der Waals surface area contributed by atoms with E-state index in [-0.39, 0.29) is 0 Å². The molecule has 0 saturated carbocycles. The van der Waals surface area contributed by atoms with Gasteiger partial charge in [-0.1, -0.05) is 112 Å². The number of hydrogen-bond donors (Lipinski definition) is 0. The number of nitrogens with zero attached hydrogens (tertiary/aromatic N) is 2. The van der Waals surface area contributed by atoms with E-state index in [1.807, 2.05) is 0 Å². The molecule has 0 fully saturated rings. The highest BCUT2D eigenvalue weighted by Crippen LogP contribution is 2.54. The van der Waals surface area contributed by atoms with Crippen LogP contribution in [0.4, 0.5) is 0 Å². The summed E-state index contributed by atoms with van der Waals surface area (Å²) in [6.07, 6.45) is 27.9. The first-order chi connectivity index (χ1) is 15.1. The van der Waals surface area contributed by atoms with Crippen LogP contribution in [0.25, 0.3) is 0 Å². The van der Waals surface area contributed by atoms with Crippen LogP contribution in [0.3, 0.4) is 0 Å². The van der Waals surface area contributed by atoms with Gasteiger partial charge < -0.3 is 5.01 Å². The van der Waals surface area contributed by atoms with E-state index in [0.29, 0.717) is 11.0 Å². The molecule has 31 heavy (non-hydrogen) atoms. The molecule has 0 N–H and O–H groups in total. The van der Waals surface area contributed by atoms with Gasteiger partial charge in [0, 0.05) is 24.8 Å². The van der Waals surface area contributed by atoms with Gasteiger partial charge in [0.05, 0.1) is 0 Å². The standard InChI is InChI=1S/C29H58N2/c1-7-13-20-28(21-14-8-2)22-19-26-30(25-17-11-5)31(27-18-12-6)29(28,23-15-9-3)24-16-10-4/h19,26H,7-18,20-25,27H2,1-6H3. The molecule has 2 heteroatoms. The second-order valence-corrected chi connectivity index (χ2v) is 10.3. The molecular weight excluding hydrogens is 376 g/mol. The van der Waals surface area contributed by atoms with Crippen molar-refractivity contribution in [1.82, 2.24) is 10.0 Å². The van der Waals surface area contributed by atoms with Crippen LogP contribution in [-0.2, 0) is 0 Å². The summed E-state index contributed by atoms with van der Waals surface area (Å²) in [6.45, 7) is 16.7. The highest BCUT2D eigenvalue weighted by atomic mass is 15.6. The van der Waals surface area contributed by atoms with Crippen molar-refractivity contribution in [1.29, 1.82) is 0 Å². The fraction of sp³-hybridized carbons (Fsp3) is 0.931. The van der Waals surface area contributed by atoms with E-state index in [1.54, 1.807) is 0 Å². The molecule has 0 unspecified atom stereocenters. The lowest BCUT2D eigenvalue weighted by Gasteiger charge is -2.59. The quantitative estimate of drug-likeness (QED) is 0.212. The minimum Gasteiger partial charge on any atom is -0.313 e. The van der Waals surface area contributed by atoms with E-state index < -0.39 is 0 Å². The lowest BCUT2D eigenvalue weighted by molar-refractivity contribution is -0.154. The monoisotopic (exact) mass is 434 g/mol. The number of unbranched alkanes of at least 4 members (excludes halogenated alkanes) is 6. The normalized spacial score (nSPS) is 18.5. The van der Waals surface area contributed by atoms with Crippen LogP contribution in [0.1, 0.15) is 151 Å². The Bertz CT molecular complexity index is 440. The zero-order chi connectivity index (χ0) is 23.0. The molecule has 0 aromatic carbocycles. The summed E-state index contributed by atoms with van der Waals surface area (Å²) in [5.74, 6) is 0. The number of allylic oxidation sites excluding steroid dienone is 1. The molecule has 0 spiro atoms. The van der Waals surface area contributed by atoms with E-state index in [1.165, 1.54) is 122 Å². The smallest absolute Gasteiger partial charge is 0.0462 e. The second kappa shape index (κ2) is 16.2. The SMILES string of the molecule is CCCCN1C=CCC(CCCC)(CCCC)C(CCCC)(CCCC)N1CCCC. The van der Waals surface area contributed by atoms with Gasteiger partial charge >= 0.3 is 0 Å². The number of rotatable bonds is 18. The topological polar surface area (TPSA) is 6.48 Å². The van der Waals surface area contributed by atoms with Gasteiger partial charge in [0.2, 0.25) is 0 Å². The van der Waals surface area contributed by atoms with Gasteiger partial charge in [0.1, 0.15) is 0 Å². The van der Waals surface area contributed by atoms with E-state index >= 15 is 0 Å². The number of hydrogen-bond acceptors (Lipinski definition) is 2. The third kappa shape index (κ3) is 7.79. The maximum atomic E-state index is 2.96. The Hall–Kier alpha value is -0.500. The Morgan fingerprint density at radius 2 is 1.03 bits per heavy atom. The van der Waals surface area contributed by atoms with Crippen LogP contribution in [0, 0.1) is 5.41 Å². The van der Waals surface area contributed by atoms with E-state index in [0.717, 1.165) is 0 Å². The minimum absolute atomic E-state index is 0.315. The van der Waals surface area contributed by atoms with Crippen molar-refractivity contribution in [2.75, 3.05) is 13.1 Å². The molecule has 1 rings (SSSR count). The molecule has 1 heterocycles. The molecule has 0 saturated heterocycles. The Labute approximate surface area is 197 Å². The molecule has 0 radical (unpaired) electrons. The van der Waals surface area contributed by atoms with Gasteiger partial charge in [-0.25, -0.2) is 5.01 Å². The molecule has 0 amide bonds. The van der Waals surface area contributed by atoms with Crippen LogP contribution in [0.15, 0.2) is 12.3 Å². The predicted molar refractivity (Wildman–Crippen MR) is 140 cm³/mol. The van der Waals surface area contributed by atoms with Gasteiger partial charge in [0.15, 0.2) is 0 Å². The van der Waals surface area contributed by atoms with Gasteiger partial charge in [-0.3, -0.25) is 0 Å². The molecular formula is C29H58N2. The molecule has 1 aliphatic rings. The van der Waals surface area contributed by atoms with Crippen LogP contribution < -0.4 is 0 Å². The maximum Gasteiger partial charge on any atom is 0.0462 e. The molecule has 0 bridgehead atoms. The fourth-order valence-corrected chi connectivity index (χ4v) is 6.03. The van der Waals surface area contributed by atoms with Gasteiger partial charge in [-0.2, -0.15) is 0 Å². The molecule has 184 valence electrons. The van der Waals surface area contributed by atoms with Gasteiger partial charge in [-0.05, 0) is 50.4 Å². The van der Waals surface area contributed by atoms with Crippen molar-refractivity contribution in [3.05, 3.63) is 12.3 Å². The summed E-state index contributed by atoms with van der Waals surface area (Å²) in [7, 11) is 0. The average Bonchev–Trinajstić information content (AvgIpc) is 2.91.